The summed E-state index contributed by atoms with van der Waals surface area (Å²) in [5.74, 6) is 1.60. The molecule has 0 aromatic carbocycles. The molecular formula is C15H32ClN. The summed E-state index contributed by atoms with van der Waals surface area (Å²) >= 11 is 5.70. The maximum absolute atomic E-state index is 5.70. The van der Waals surface area contributed by atoms with E-state index < -0.39 is 0 Å². The molecular weight excluding hydrogens is 230 g/mol. The van der Waals surface area contributed by atoms with E-state index in [1.807, 2.05) is 0 Å². The van der Waals surface area contributed by atoms with Crippen LogP contribution in [0, 0.1) is 5.92 Å². The fourth-order valence-electron chi connectivity index (χ4n) is 2.46. The van der Waals surface area contributed by atoms with Gasteiger partial charge in [0.25, 0.3) is 0 Å². The Balaban J connectivity index is 3.92. The molecule has 0 atom stereocenters. The molecule has 0 N–H and O–H groups in total. The minimum Gasteiger partial charge on any atom is -0.300 e. The summed E-state index contributed by atoms with van der Waals surface area (Å²) in [6, 6.07) is 0.783. The van der Waals surface area contributed by atoms with Gasteiger partial charge < -0.3 is 4.90 Å². The van der Waals surface area contributed by atoms with Crippen LogP contribution in [-0.2, 0) is 0 Å². The van der Waals surface area contributed by atoms with Gasteiger partial charge in [0.1, 0.15) is 0 Å². The number of alkyl halides is 1. The van der Waals surface area contributed by atoms with Crippen molar-refractivity contribution >= 4 is 11.6 Å². The lowest BCUT2D eigenvalue weighted by molar-refractivity contribution is 0.162. The Morgan fingerprint density at radius 2 is 1.53 bits per heavy atom. The van der Waals surface area contributed by atoms with E-state index in [-0.39, 0.29) is 0 Å². The summed E-state index contributed by atoms with van der Waals surface area (Å²) in [5.41, 5.74) is 0. The maximum atomic E-state index is 5.70. The smallest absolute Gasteiger partial charge is 0.0223 e. The Bertz CT molecular complexity index is 155. The van der Waals surface area contributed by atoms with Gasteiger partial charge in [-0.05, 0) is 38.1 Å². The van der Waals surface area contributed by atoms with Gasteiger partial charge in [0.2, 0.25) is 0 Å². The Morgan fingerprint density at radius 1 is 0.941 bits per heavy atom. The molecule has 0 aromatic heterocycles. The van der Waals surface area contributed by atoms with Crippen molar-refractivity contribution in [3.05, 3.63) is 0 Å². The average Bonchev–Trinajstić information content (AvgIpc) is 2.29. The van der Waals surface area contributed by atoms with Gasteiger partial charge in [0.15, 0.2) is 0 Å². The molecule has 0 rings (SSSR count). The van der Waals surface area contributed by atoms with Crippen LogP contribution < -0.4 is 0 Å². The quantitative estimate of drug-likeness (QED) is 0.376. The van der Waals surface area contributed by atoms with Gasteiger partial charge in [-0.15, -0.1) is 11.6 Å². The summed E-state index contributed by atoms with van der Waals surface area (Å²) in [4.78, 5) is 2.70. The number of halogens is 1. The predicted molar refractivity (Wildman–Crippen MR) is 80.0 cm³/mol. The van der Waals surface area contributed by atoms with E-state index in [0.717, 1.165) is 17.8 Å². The third kappa shape index (κ3) is 8.90. The lowest BCUT2D eigenvalue weighted by Gasteiger charge is -2.32. The fourth-order valence-corrected chi connectivity index (χ4v) is 2.65. The van der Waals surface area contributed by atoms with Crippen molar-refractivity contribution in [2.24, 2.45) is 5.92 Å². The fraction of sp³-hybridized carbons (Fsp3) is 1.00. The molecule has 1 nitrogen and oxygen atoms in total. The van der Waals surface area contributed by atoms with Crippen LogP contribution in [0.2, 0.25) is 0 Å². The number of nitrogens with zero attached hydrogens (tertiary/aromatic N) is 1. The first kappa shape index (κ1) is 17.2. The van der Waals surface area contributed by atoms with Crippen LogP contribution in [0.15, 0.2) is 0 Å². The summed E-state index contributed by atoms with van der Waals surface area (Å²) in [5, 5.41) is 0. The van der Waals surface area contributed by atoms with Gasteiger partial charge in [-0.25, -0.2) is 0 Å². The van der Waals surface area contributed by atoms with Crippen molar-refractivity contribution in [3.8, 4) is 0 Å². The van der Waals surface area contributed by atoms with Crippen molar-refractivity contribution in [2.75, 3.05) is 19.0 Å². The third-order valence-corrected chi connectivity index (χ3v) is 3.65. The molecule has 0 aliphatic rings. The molecule has 0 saturated carbocycles. The second-order valence-electron chi connectivity index (χ2n) is 5.46. The van der Waals surface area contributed by atoms with Crippen LogP contribution in [0.1, 0.15) is 66.2 Å². The van der Waals surface area contributed by atoms with Gasteiger partial charge in [0, 0.05) is 18.5 Å². The molecule has 0 saturated heterocycles. The lowest BCUT2D eigenvalue weighted by atomic mass is 10.1. The molecule has 0 aromatic rings. The molecule has 0 heterocycles. The number of hydrogen-bond donors (Lipinski definition) is 0. The molecule has 0 aliphatic heterocycles. The first-order valence-electron chi connectivity index (χ1n) is 7.45. The molecule has 0 bridgehead atoms. The molecule has 0 fully saturated rings. The zero-order valence-electron chi connectivity index (χ0n) is 12.3. The minimum atomic E-state index is 0.776. The first-order valence-corrected chi connectivity index (χ1v) is 7.99. The standard InChI is InChI=1S/C15H32ClN/c1-5-15(6-2)17(13-14(3)4)12-10-8-7-9-11-16/h14-15H,5-13H2,1-4H3. The van der Waals surface area contributed by atoms with Crippen LogP contribution >= 0.6 is 11.6 Å². The zero-order valence-corrected chi connectivity index (χ0v) is 13.1. The van der Waals surface area contributed by atoms with Crippen LogP contribution in [0.25, 0.3) is 0 Å². The topological polar surface area (TPSA) is 3.24 Å². The highest BCUT2D eigenvalue weighted by molar-refractivity contribution is 6.17. The summed E-state index contributed by atoms with van der Waals surface area (Å²) < 4.78 is 0. The van der Waals surface area contributed by atoms with E-state index in [2.05, 4.69) is 32.6 Å². The maximum Gasteiger partial charge on any atom is 0.0223 e. The van der Waals surface area contributed by atoms with Crippen molar-refractivity contribution < 1.29 is 0 Å². The van der Waals surface area contributed by atoms with Crippen molar-refractivity contribution in [1.82, 2.24) is 4.90 Å². The zero-order chi connectivity index (χ0) is 13.1. The van der Waals surface area contributed by atoms with Gasteiger partial charge >= 0.3 is 0 Å². The third-order valence-electron chi connectivity index (χ3n) is 3.39. The molecule has 0 spiro atoms. The minimum absolute atomic E-state index is 0.776. The van der Waals surface area contributed by atoms with Crippen molar-refractivity contribution in [2.45, 2.75) is 72.3 Å². The van der Waals surface area contributed by atoms with Gasteiger partial charge in [-0.3, -0.25) is 0 Å². The van der Waals surface area contributed by atoms with Crippen LogP contribution in [0.5, 0.6) is 0 Å². The predicted octanol–water partition coefficient (Wildman–Crippen LogP) is 4.93. The van der Waals surface area contributed by atoms with E-state index in [0.29, 0.717) is 0 Å². The van der Waals surface area contributed by atoms with E-state index in [1.165, 1.54) is 51.6 Å². The highest BCUT2D eigenvalue weighted by atomic mass is 35.5. The Kier molecular flexibility index (Phi) is 11.5. The van der Waals surface area contributed by atoms with Gasteiger partial charge in [-0.1, -0.05) is 40.5 Å². The van der Waals surface area contributed by atoms with Gasteiger partial charge in [-0.2, -0.15) is 0 Å². The van der Waals surface area contributed by atoms with Crippen LogP contribution in [0.4, 0.5) is 0 Å². The highest BCUT2D eigenvalue weighted by Gasteiger charge is 2.15. The monoisotopic (exact) mass is 261 g/mol. The molecule has 2 heteroatoms. The van der Waals surface area contributed by atoms with E-state index in [1.54, 1.807) is 0 Å². The Morgan fingerprint density at radius 3 is 2.00 bits per heavy atom. The van der Waals surface area contributed by atoms with Crippen molar-refractivity contribution in [1.29, 1.82) is 0 Å². The highest BCUT2D eigenvalue weighted by Crippen LogP contribution is 2.13. The lowest BCUT2D eigenvalue weighted by Crippen LogP contribution is -2.38. The molecule has 0 amide bonds. The Labute approximate surface area is 114 Å². The van der Waals surface area contributed by atoms with Crippen LogP contribution in [0.3, 0.4) is 0 Å². The van der Waals surface area contributed by atoms with E-state index in [9.17, 15) is 0 Å². The largest absolute Gasteiger partial charge is 0.300 e. The van der Waals surface area contributed by atoms with Crippen LogP contribution in [-0.4, -0.2) is 29.9 Å². The molecule has 104 valence electrons. The molecule has 0 unspecified atom stereocenters. The Hall–Kier alpha value is 0.250. The summed E-state index contributed by atoms with van der Waals surface area (Å²) in [7, 11) is 0. The van der Waals surface area contributed by atoms with Crippen molar-refractivity contribution in [3.63, 3.8) is 0 Å². The first-order chi connectivity index (χ1) is 8.15. The van der Waals surface area contributed by atoms with E-state index >= 15 is 0 Å². The number of unbranched alkanes of at least 4 members (excludes halogenated alkanes) is 3. The number of hydrogen-bond acceptors (Lipinski definition) is 1. The second kappa shape index (κ2) is 11.3. The normalized spacial score (nSPS) is 12.0. The second-order valence-corrected chi connectivity index (χ2v) is 5.84. The summed E-state index contributed by atoms with van der Waals surface area (Å²) in [6.07, 6.45) is 7.70. The number of rotatable bonds is 11. The summed E-state index contributed by atoms with van der Waals surface area (Å²) in [6.45, 7) is 11.8. The van der Waals surface area contributed by atoms with Gasteiger partial charge in [0.05, 0.1) is 0 Å². The molecule has 17 heavy (non-hydrogen) atoms. The molecule has 0 aliphatic carbocycles. The SMILES string of the molecule is CCC(CC)N(CCCCCCCl)CC(C)C. The average molecular weight is 262 g/mol. The molecule has 0 radical (unpaired) electrons. The van der Waals surface area contributed by atoms with E-state index in [4.69, 9.17) is 11.6 Å².